The molecule has 2 N–H and O–H groups in total. The van der Waals surface area contributed by atoms with E-state index in [1.165, 1.54) is 16.8 Å². The molecule has 37 heavy (non-hydrogen) atoms. The van der Waals surface area contributed by atoms with E-state index in [0.717, 1.165) is 34.4 Å². The van der Waals surface area contributed by atoms with Crippen molar-refractivity contribution in [2.24, 2.45) is 0 Å². The zero-order valence-corrected chi connectivity index (χ0v) is 19.4. The Hall–Kier alpha value is -4.73. The van der Waals surface area contributed by atoms with Gasteiger partial charge in [-0.25, -0.2) is 4.68 Å². The van der Waals surface area contributed by atoms with Gasteiger partial charge in [0.25, 0.3) is 5.91 Å². The molecule has 5 aromatic rings. The van der Waals surface area contributed by atoms with E-state index in [2.05, 4.69) is 25.9 Å². The third kappa shape index (κ3) is 5.75. The third-order valence-electron chi connectivity index (χ3n) is 5.69. The van der Waals surface area contributed by atoms with Crippen molar-refractivity contribution in [2.75, 3.05) is 5.32 Å². The summed E-state index contributed by atoms with van der Waals surface area (Å²) in [5.41, 5.74) is 3.46. The molecule has 3 aromatic carbocycles. The summed E-state index contributed by atoms with van der Waals surface area (Å²) in [4.78, 5) is 17.1. The van der Waals surface area contributed by atoms with Crippen molar-refractivity contribution in [3.63, 3.8) is 0 Å². The molecular formula is C27H21F3N6O. The van der Waals surface area contributed by atoms with Crippen LogP contribution in [0.1, 0.15) is 27.2 Å². The normalized spacial score (nSPS) is 11.4. The van der Waals surface area contributed by atoms with Crippen LogP contribution in [0.25, 0.3) is 10.9 Å². The number of alkyl halides is 3. The highest BCUT2D eigenvalue weighted by molar-refractivity contribution is 5.96. The molecule has 0 unspecified atom stereocenters. The fourth-order valence-corrected chi connectivity index (χ4v) is 3.85. The van der Waals surface area contributed by atoms with Gasteiger partial charge in [0.05, 0.1) is 30.4 Å². The number of fused-ring (bicyclic) bond motifs is 1. The second kappa shape index (κ2) is 10.1. The van der Waals surface area contributed by atoms with E-state index < -0.39 is 11.7 Å². The van der Waals surface area contributed by atoms with Crippen LogP contribution in [0.4, 0.5) is 24.5 Å². The summed E-state index contributed by atoms with van der Waals surface area (Å²) < 4.78 is 39.7. The van der Waals surface area contributed by atoms with Crippen molar-refractivity contribution in [3.05, 3.63) is 114 Å². The predicted octanol–water partition coefficient (Wildman–Crippen LogP) is 5.57. The molecule has 2 aromatic heterocycles. The molecular weight excluding hydrogens is 481 g/mol. The van der Waals surface area contributed by atoms with Gasteiger partial charge in [-0.1, -0.05) is 41.6 Å². The number of nitrogens with zero attached hydrogens (tertiary/aromatic N) is 4. The average Bonchev–Trinajstić information content (AvgIpc) is 3.34. The zero-order chi connectivity index (χ0) is 25.8. The Kier molecular flexibility index (Phi) is 6.55. The Morgan fingerprint density at radius 1 is 0.946 bits per heavy atom. The first-order valence-electron chi connectivity index (χ1n) is 11.4. The first-order chi connectivity index (χ1) is 17.8. The fourth-order valence-electron chi connectivity index (χ4n) is 3.85. The Morgan fingerprint density at radius 3 is 2.57 bits per heavy atom. The highest BCUT2D eigenvalue weighted by atomic mass is 19.4. The van der Waals surface area contributed by atoms with Gasteiger partial charge in [-0.05, 0) is 48.0 Å². The van der Waals surface area contributed by atoms with E-state index in [1.807, 2.05) is 36.4 Å². The van der Waals surface area contributed by atoms with Crippen molar-refractivity contribution in [3.8, 4) is 0 Å². The van der Waals surface area contributed by atoms with Crippen molar-refractivity contribution in [1.29, 1.82) is 0 Å². The van der Waals surface area contributed by atoms with Gasteiger partial charge in [0.2, 0.25) is 0 Å². The molecule has 2 heterocycles. The quantitative estimate of drug-likeness (QED) is 0.304. The smallest absolute Gasteiger partial charge is 0.355 e. The number of amides is 1. The van der Waals surface area contributed by atoms with E-state index in [-0.39, 0.29) is 19.0 Å². The predicted molar refractivity (Wildman–Crippen MR) is 133 cm³/mol. The SMILES string of the molecule is O=C(NCc1cn(Cc2ccc(C(F)(F)F)cc2)nn1)c1cccc(Nc2ccnc3ccccc23)c1. The Labute approximate surface area is 210 Å². The Bertz CT molecular complexity index is 1540. The lowest BCUT2D eigenvalue weighted by molar-refractivity contribution is -0.137. The van der Waals surface area contributed by atoms with Gasteiger partial charge in [-0.2, -0.15) is 13.2 Å². The Morgan fingerprint density at radius 2 is 1.76 bits per heavy atom. The summed E-state index contributed by atoms with van der Waals surface area (Å²) in [6.07, 6.45) is -1.00. The lowest BCUT2D eigenvalue weighted by Crippen LogP contribution is -2.23. The Balaban J connectivity index is 1.20. The molecule has 10 heteroatoms. The number of rotatable bonds is 7. The number of nitrogens with one attached hydrogen (secondary N) is 2. The van der Waals surface area contributed by atoms with Crippen molar-refractivity contribution in [2.45, 2.75) is 19.3 Å². The highest BCUT2D eigenvalue weighted by Crippen LogP contribution is 2.29. The van der Waals surface area contributed by atoms with Gasteiger partial charge in [-0.15, -0.1) is 5.10 Å². The van der Waals surface area contributed by atoms with Crippen molar-refractivity contribution >= 4 is 28.2 Å². The lowest BCUT2D eigenvalue weighted by atomic mass is 10.1. The third-order valence-corrected chi connectivity index (χ3v) is 5.69. The first-order valence-corrected chi connectivity index (χ1v) is 11.4. The number of para-hydroxylation sites is 1. The van der Waals surface area contributed by atoms with Gasteiger partial charge in [-0.3, -0.25) is 9.78 Å². The summed E-state index contributed by atoms with van der Waals surface area (Å²) in [5, 5.41) is 15.2. The number of anilines is 2. The first kappa shape index (κ1) is 24.0. The lowest BCUT2D eigenvalue weighted by Gasteiger charge is -2.11. The fraction of sp³-hybridized carbons (Fsp3) is 0.111. The molecule has 1 amide bonds. The van der Waals surface area contributed by atoms with Crippen LogP contribution in [0.5, 0.6) is 0 Å². The van der Waals surface area contributed by atoms with Crippen LogP contribution in [-0.2, 0) is 19.3 Å². The maximum Gasteiger partial charge on any atom is 0.416 e. The van der Waals surface area contributed by atoms with Crippen LogP contribution < -0.4 is 10.6 Å². The molecule has 0 aliphatic rings. The second-order valence-electron chi connectivity index (χ2n) is 8.37. The average molecular weight is 503 g/mol. The van der Waals surface area contributed by atoms with Gasteiger partial charge in [0.15, 0.2) is 0 Å². The molecule has 0 atom stereocenters. The monoisotopic (exact) mass is 502 g/mol. The summed E-state index contributed by atoms with van der Waals surface area (Å²) in [5.74, 6) is -0.277. The molecule has 0 fully saturated rings. The molecule has 0 aliphatic heterocycles. The summed E-state index contributed by atoms with van der Waals surface area (Å²) in [6.45, 7) is 0.412. The second-order valence-corrected chi connectivity index (χ2v) is 8.37. The number of hydrogen-bond donors (Lipinski definition) is 2. The minimum atomic E-state index is -4.37. The maximum absolute atomic E-state index is 12.8. The van der Waals surface area contributed by atoms with Crippen LogP contribution in [-0.4, -0.2) is 25.9 Å². The number of carbonyl (C=O) groups is 1. The minimum absolute atomic E-state index is 0.151. The number of pyridine rings is 1. The van der Waals surface area contributed by atoms with E-state index in [1.54, 1.807) is 30.6 Å². The molecule has 0 radical (unpaired) electrons. The number of halogens is 3. The molecule has 0 saturated carbocycles. The van der Waals surface area contributed by atoms with Gasteiger partial charge >= 0.3 is 6.18 Å². The van der Waals surface area contributed by atoms with Crippen LogP contribution in [0.2, 0.25) is 0 Å². The minimum Gasteiger partial charge on any atom is -0.355 e. The molecule has 7 nitrogen and oxygen atoms in total. The molecule has 0 saturated heterocycles. The number of hydrogen-bond acceptors (Lipinski definition) is 5. The van der Waals surface area contributed by atoms with Crippen LogP contribution in [0.3, 0.4) is 0 Å². The van der Waals surface area contributed by atoms with Gasteiger partial charge in [0.1, 0.15) is 5.69 Å². The van der Waals surface area contributed by atoms with Gasteiger partial charge in [0, 0.05) is 28.5 Å². The zero-order valence-electron chi connectivity index (χ0n) is 19.4. The number of benzene rings is 3. The van der Waals surface area contributed by atoms with Crippen LogP contribution in [0, 0.1) is 0 Å². The topological polar surface area (TPSA) is 84.7 Å². The molecule has 186 valence electrons. The van der Waals surface area contributed by atoms with Crippen LogP contribution in [0.15, 0.2) is 91.3 Å². The standard InChI is InChI=1S/C27H21F3N6O/c28-27(29,30)20-10-8-18(9-11-20)16-36-17-22(34-35-36)15-32-26(37)19-4-3-5-21(14-19)33-25-12-13-31-24-7-2-1-6-23(24)25/h1-14,17H,15-16H2,(H,31,33)(H,32,37). The van der Waals surface area contributed by atoms with Gasteiger partial charge < -0.3 is 10.6 Å². The summed E-state index contributed by atoms with van der Waals surface area (Å²) in [6, 6.07) is 21.7. The van der Waals surface area contributed by atoms with E-state index >= 15 is 0 Å². The highest BCUT2D eigenvalue weighted by Gasteiger charge is 2.29. The van der Waals surface area contributed by atoms with E-state index in [4.69, 9.17) is 0 Å². The number of carbonyl (C=O) groups excluding carboxylic acids is 1. The molecule has 0 aliphatic carbocycles. The number of aromatic nitrogens is 4. The summed E-state index contributed by atoms with van der Waals surface area (Å²) >= 11 is 0. The molecule has 0 bridgehead atoms. The molecule has 0 spiro atoms. The largest absolute Gasteiger partial charge is 0.416 e. The van der Waals surface area contributed by atoms with Crippen molar-refractivity contribution < 1.29 is 18.0 Å². The molecule has 5 rings (SSSR count). The van der Waals surface area contributed by atoms with Crippen LogP contribution >= 0.6 is 0 Å². The van der Waals surface area contributed by atoms with Crippen molar-refractivity contribution in [1.82, 2.24) is 25.3 Å². The maximum atomic E-state index is 12.8. The van der Waals surface area contributed by atoms with E-state index in [0.29, 0.717) is 16.8 Å². The van der Waals surface area contributed by atoms with E-state index in [9.17, 15) is 18.0 Å². The summed E-state index contributed by atoms with van der Waals surface area (Å²) in [7, 11) is 0.